The van der Waals surface area contributed by atoms with Gasteiger partial charge < -0.3 is 10.2 Å². The molecule has 0 radical (unpaired) electrons. The van der Waals surface area contributed by atoms with Crippen LogP contribution < -0.4 is 5.32 Å². The van der Waals surface area contributed by atoms with E-state index in [-0.39, 0.29) is 5.54 Å². The Hall–Kier alpha value is -0.340. The summed E-state index contributed by atoms with van der Waals surface area (Å²) in [4.78, 5) is 2.42. The van der Waals surface area contributed by atoms with E-state index in [0.717, 1.165) is 13.0 Å². The molecule has 0 spiro atoms. The number of allylic oxidation sites excluding steroid dienone is 1. The van der Waals surface area contributed by atoms with E-state index >= 15 is 0 Å². The van der Waals surface area contributed by atoms with Crippen LogP contribution in [0.5, 0.6) is 0 Å². The zero-order valence-corrected chi connectivity index (χ0v) is 13.3. The van der Waals surface area contributed by atoms with Gasteiger partial charge in [-0.1, -0.05) is 26.8 Å². The molecule has 0 heterocycles. The van der Waals surface area contributed by atoms with Gasteiger partial charge in [-0.25, -0.2) is 0 Å². The lowest BCUT2D eigenvalue weighted by Crippen LogP contribution is -2.58. The lowest BCUT2D eigenvalue weighted by Gasteiger charge is -2.46. The molecule has 0 aliphatic heterocycles. The van der Waals surface area contributed by atoms with Crippen LogP contribution in [-0.4, -0.2) is 37.1 Å². The van der Waals surface area contributed by atoms with Crippen LogP contribution in [0.15, 0.2) is 12.7 Å². The van der Waals surface area contributed by atoms with Crippen LogP contribution in [0.1, 0.15) is 59.3 Å². The van der Waals surface area contributed by atoms with E-state index in [1.54, 1.807) is 0 Å². The van der Waals surface area contributed by atoms with Gasteiger partial charge in [-0.15, -0.1) is 6.58 Å². The summed E-state index contributed by atoms with van der Waals surface area (Å²) in [5.41, 5.74) is 0.288. The fourth-order valence-electron chi connectivity index (χ4n) is 3.03. The van der Waals surface area contributed by atoms with Gasteiger partial charge in [-0.2, -0.15) is 0 Å². The van der Waals surface area contributed by atoms with Gasteiger partial charge >= 0.3 is 0 Å². The zero-order chi connectivity index (χ0) is 14.0. The van der Waals surface area contributed by atoms with Crippen LogP contribution in [0.2, 0.25) is 0 Å². The number of rotatable bonds is 11. The first-order valence-corrected chi connectivity index (χ1v) is 7.60. The van der Waals surface area contributed by atoms with E-state index in [1.165, 1.54) is 32.1 Å². The summed E-state index contributed by atoms with van der Waals surface area (Å²) in [6, 6.07) is 0.586. The highest BCUT2D eigenvalue weighted by atomic mass is 15.2. The number of hydrogen-bond acceptors (Lipinski definition) is 2. The standard InChI is InChI=1S/C16H34N2/c1-7-11-12-13-15(17-14-8-2)16(9-3,10-4)18(5)6/h7,15,17H,1,8-14H2,2-6H3. The summed E-state index contributed by atoms with van der Waals surface area (Å²) in [7, 11) is 4.45. The van der Waals surface area contributed by atoms with Gasteiger partial charge in [0.1, 0.15) is 0 Å². The van der Waals surface area contributed by atoms with E-state index in [1.807, 2.05) is 6.08 Å². The molecule has 0 rings (SSSR count). The molecule has 18 heavy (non-hydrogen) atoms. The minimum atomic E-state index is 0.288. The molecule has 108 valence electrons. The van der Waals surface area contributed by atoms with Gasteiger partial charge in [0, 0.05) is 11.6 Å². The van der Waals surface area contributed by atoms with Crippen LogP contribution in [-0.2, 0) is 0 Å². The third-order valence-corrected chi connectivity index (χ3v) is 4.31. The molecule has 2 nitrogen and oxygen atoms in total. The molecule has 0 aromatic carbocycles. The van der Waals surface area contributed by atoms with Gasteiger partial charge in [-0.3, -0.25) is 0 Å². The molecule has 0 aliphatic rings. The van der Waals surface area contributed by atoms with Crippen molar-refractivity contribution in [2.24, 2.45) is 0 Å². The minimum Gasteiger partial charge on any atom is -0.312 e. The minimum absolute atomic E-state index is 0.288. The Balaban J connectivity index is 4.78. The lowest BCUT2D eigenvalue weighted by atomic mass is 9.80. The maximum atomic E-state index is 3.83. The highest BCUT2D eigenvalue weighted by Gasteiger charge is 2.36. The first-order chi connectivity index (χ1) is 8.58. The molecular formula is C16H34N2. The predicted octanol–water partition coefficient (Wildman–Crippen LogP) is 3.83. The fourth-order valence-corrected chi connectivity index (χ4v) is 3.03. The second-order valence-electron chi connectivity index (χ2n) is 5.43. The summed E-state index contributed by atoms with van der Waals surface area (Å²) in [5.74, 6) is 0. The average Bonchev–Trinajstić information content (AvgIpc) is 2.36. The van der Waals surface area contributed by atoms with Crippen LogP contribution in [0.25, 0.3) is 0 Å². The number of hydrogen-bond donors (Lipinski definition) is 1. The van der Waals surface area contributed by atoms with Crippen LogP contribution in [0.3, 0.4) is 0 Å². The second kappa shape index (κ2) is 9.57. The van der Waals surface area contributed by atoms with E-state index in [0.29, 0.717) is 6.04 Å². The summed E-state index contributed by atoms with van der Waals surface area (Å²) in [6.07, 6.45) is 9.24. The van der Waals surface area contributed by atoms with Crippen LogP contribution in [0.4, 0.5) is 0 Å². The Morgan fingerprint density at radius 2 is 1.83 bits per heavy atom. The van der Waals surface area contributed by atoms with Crippen molar-refractivity contribution in [3.05, 3.63) is 12.7 Å². The Labute approximate surface area is 115 Å². The highest BCUT2D eigenvalue weighted by Crippen LogP contribution is 2.28. The van der Waals surface area contributed by atoms with Crippen LogP contribution >= 0.6 is 0 Å². The van der Waals surface area contributed by atoms with E-state index in [9.17, 15) is 0 Å². The number of nitrogens with zero attached hydrogens (tertiary/aromatic N) is 1. The van der Waals surface area contributed by atoms with Gasteiger partial charge in [0.15, 0.2) is 0 Å². The summed E-state index contributed by atoms with van der Waals surface area (Å²) in [6.45, 7) is 11.8. The normalized spacial score (nSPS) is 13.9. The summed E-state index contributed by atoms with van der Waals surface area (Å²) < 4.78 is 0. The fraction of sp³-hybridized carbons (Fsp3) is 0.875. The number of nitrogens with one attached hydrogen (secondary N) is 1. The Kier molecular flexibility index (Phi) is 9.39. The molecule has 0 aliphatic carbocycles. The summed E-state index contributed by atoms with van der Waals surface area (Å²) in [5, 5.41) is 3.78. The third kappa shape index (κ3) is 4.74. The molecule has 0 saturated heterocycles. The van der Waals surface area contributed by atoms with Crippen molar-refractivity contribution in [1.82, 2.24) is 10.2 Å². The maximum absolute atomic E-state index is 3.83. The SMILES string of the molecule is C=CCCCC(NCCC)C(CC)(CC)N(C)C. The molecule has 1 N–H and O–H groups in total. The topological polar surface area (TPSA) is 15.3 Å². The molecule has 0 saturated carbocycles. The van der Waals surface area contributed by atoms with E-state index < -0.39 is 0 Å². The van der Waals surface area contributed by atoms with Gasteiger partial charge in [-0.05, 0) is 59.2 Å². The van der Waals surface area contributed by atoms with Crippen LogP contribution in [0, 0.1) is 0 Å². The Bertz CT molecular complexity index is 207. The third-order valence-electron chi connectivity index (χ3n) is 4.31. The smallest absolute Gasteiger partial charge is 0.0351 e. The molecule has 0 amide bonds. The predicted molar refractivity (Wildman–Crippen MR) is 83.1 cm³/mol. The molecule has 0 bridgehead atoms. The second-order valence-corrected chi connectivity index (χ2v) is 5.43. The van der Waals surface area contributed by atoms with Gasteiger partial charge in [0.05, 0.1) is 0 Å². The van der Waals surface area contributed by atoms with E-state index in [4.69, 9.17) is 0 Å². The van der Waals surface area contributed by atoms with Crippen molar-refractivity contribution in [3.63, 3.8) is 0 Å². The zero-order valence-electron chi connectivity index (χ0n) is 13.3. The van der Waals surface area contributed by atoms with E-state index in [2.05, 4.69) is 51.7 Å². The molecule has 2 heteroatoms. The van der Waals surface area contributed by atoms with Crippen molar-refractivity contribution in [2.75, 3.05) is 20.6 Å². The first-order valence-electron chi connectivity index (χ1n) is 7.60. The summed E-state index contributed by atoms with van der Waals surface area (Å²) >= 11 is 0. The van der Waals surface area contributed by atoms with Gasteiger partial charge in [0.25, 0.3) is 0 Å². The van der Waals surface area contributed by atoms with Crippen molar-refractivity contribution >= 4 is 0 Å². The number of unbranched alkanes of at least 4 members (excludes halogenated alkanes) is 1. The lowest BCUT2D eigenvalue weighted by molar-refractivity contribution is 0.0832. The molecule has 1 unspecified atom stereocenters. The number of likely N-dealkylation sites (N-methyl/N-ethyl adjacent to an activating group) is 1. The maximum Gasteiger partial charge on any atom is 0.0351 e. The van der Waals surface area contributed by atoms with Crippen molar-refractivity contribution in [1.29, 1.82) is 0 Å². The molecule has 1 atom stereocenters. The van der Waals surface area contributed by atoms with Crippen molar-refractivity contribution in [2.45, 2.75) is 70.9 Å². The molecule has 0 aromatic rings. The van der Waals surface area contributed by atoms with Crippen molar-refractivity contribution < 1.29 is 0 Å². The Morgan fingerprint density at radius 1 is 1.22 bits per heavy atom. The Morgan fingerprint density at radius 3 is 2.22 bits per heavy atom. The monoisotopic (exact) mass is 254 g/mol. The quantitative estimate of drug-likeness (QED) is 0.445. The average molecular weight is 254 g/mol. The largest absolute Gasteiger partial charge is 0.312 e. The molecule has 0 aromatic heterocycles. The molecular weight excluding hydrogens is 220 g/mol. The van der Waals surface area contributed by atoms with Gasteiger partial charge in [0.2, 0.25) is 0 Å². The first kappa shape index (κ1) is 17.7. The molecule has 0 fully saturated rings. The van der Waals surface area contributed by atoms with Crippen molar-refractivity contribution in [3.8, 4) is 0 Å². The highest BCUT2D eigenvalue weighted by molar-refractivity contribution is 4.97.